The van der Waals surface area contributed by atoms with E-state index in [9.17, 15) is 20.6 Å². The first-order valence-electron chi connectivity index (χ1n) is 35.8. The van der Waals surface area contributed by atoms with E-state index >= 15 is 0 Å². The van der Waals surface area contributed by atoms with Gasteiger partial charge in [0.1, 0.15) is 0 Å². The fourth-order valence-corrected chi connectivity index (χ4v) is 8.24. The summed E-state index contributed by atoms with van der Waals surface area (Å²) < 4.78 is 319. The van der Waals surface area contributed by atoms with E-state index in [1.807, 2.05) is 0 Å². The van der Waals surface area contributed by atoms with Crippen molar-refractivity contribution in [2.45, 2.75) is 0 Å². The minimum Gasteiger partial charge on any atom is -0.309 e. The van der Waals surface area contributed by atoms with Crippen LogP contribution >= 0.6 is 11.3 Å². The van der Waals surface area contributed by atoms with Crippen LogP contribution in [-0.2, 0) is 0 Å². The smallest absolute Gasteiger partial charge is 0.164 e. The van der Waals surface area contributed by atoms with Crippen LogP contribution in [0.2, 0.25) is 0 Å². The summed E-state index contributed by atoms with van der Waals surface area (Å²) in [6.45, 7) is 0. The molecule has 63 heavy (non-hydrogen) atoms. The van der Waals surface area contributed by atoms with Gasteiger partial charge in [-0.1, -0.05) is 151 Å². The van der Waals surface area contributed by atoms with Crippen molar-refractivity contribution in [2.24, 2.45) is 0 Å². The molecule has 0 aliphatic rings. The second-order valence-corrected chi connectivity index (χ2v) is 14.3. The summed E-state index contributed by atoms with van der Waals surface area (Å²) in [5.41, 5.74) is -8.64. The first kappa shape index (κ1) is 15.3. The quantitative estimate of drug-likeness (QED) is 0.167. The Morgan fingerprint density at radius 1 is 0.317 bits per heavy atom. The second kappa shape index (κ2) is 14.2. The summed E-state index contributed by atoms with van der Waals surface area (Å²) in [7, 11) is 0. The van der Waals surface area contributed by atoms with Gasteiger partial charge < -0.3 is 9.13 Å². The number of hydrogen-bond acceptors (Lipinski definition) is 4. The van der Waals surface area contributed by atoms with Crippen molar-refractivity contribution in [1.29, 1.82) is 0 Å². The predicted octanol–water partition coefficient (Wildman–Crippen LogP) is 15.1. The van der Waals surface area contributed by atoms with E-state index in [1.165, 1.54) is 0 Å². The standard InChI is InChI=1S/C57H35N5S/c1-5-15-36(16-6-1)39-25-28-44-43-23-13-14-24-47(43)62(49(44)33-39)42-27-31-51-46(35-42)54-52(63-51)32-30-48-53(54)45-29-26-40(34-50(45)61(48)41-21-11-4-12-22-41)57-59-55(37-17-7-2-8-18-37)58-56(60-57)38-19-9-3-10-20-38/h1-35H/i1D,2D,3D,4D,5D,6D,7D,8D,9D,10D,11D,12D,13D,14D,15D,16D,17D,18D,19D,20D,21D,22D,23D,24D,25D,26D,27D,28D,29D,30D,31D,32D,33D,34D,35D. The summed E-state index contributed by atoms with van der Waals surface area (Å²) in [6, 6.07) is -33.3. The molecular weight excluding hydrogens is 787 g/mol. The monoisotopic (exact) mass is 856 g/mol. The SMILES string of the molecule is [2H]c1c([2H])c([2H])c(-c2nc(-c3c([2H])c([2H])c([2H])c([2H])c3[2H])nc(-c3c([2H])c([2H])c4c5c6c(sc7c([2H])c([2H])c(-n8c9c([2H])c([2H])c([2H])c([2H])c9c9c([2H])c([2H])c(-c%10c([2H])c([2H])c([2H])c([2H])c%10[2H])c([2H])c98)c([2H])c76)c([2H])c([2H])c5n(-c5c([2H])c([2H])c([2H])c([2H])c5[2H])c4c3[2H])n2)c([2H])c1[2H]. The second-order valence-electron chi connectivity index (χ2n) is 13.3. The van der Waals surface area contributed by atoms with Crippen molar-refractivity contribution in [3.8, 4) is 56.7 Å². The lowest BCUT2D eigenvalue weighted by molar-refractivity contribution is 1.07. The topological polar surface area (TPSA) is 48.5 Å². The van der Waals surface area contributed by atoms with Crippen LogP contribution in [0.4, 0.5) is 0 Å². The Balaban J connectivity index is 1.26. The summed E-state index contributed by atoms with van der Waals surface area (Å²) in [4.78, 5) is 13.0. The maximum Gasteiger partial charge on any atom is 0.164 e. The highest BCUT2D eigenvalue weighted by Crippen LogP contribution is 2.45. The molecule has 5 nitrogen and oxygen atoms in total. The first-order chi connectivity index (χ1) is 45.8. The first-order valence-corrected chi connectivity index (χ1v) is 19.2. The van der Waals surface area contributed by atoms with Gasteiger partial charge in [0.15, 0.2) is 17.5 Å². The van der Waals surface area contributed by atoms with E-state index in [2.05, 4.69) is 15.0 Å². The number of aromatic nitrogens is 5. The summed E-state index contributed by atoms with van der Waals surface area (Å²) in [6.07, 6.45) is 0. The lowest BCUT2D eigenvalue weighted by atomic mass is 10.0. The Hall–Kier alpha value is -8.19. The molecule has 0 N–H and O–H groups in total. The Morgan fingerprint density at radius 2 is 0.841 bits per heavy atom. The summed E-state index contributed by atoms with van der Waals surface area (Å²) >= 11 is 0.521. The van der Waals surface area contributed by atoms with Crippen molar-refractivity contribution < 1.29 is 48.0 Å². The molecule has 4 heterocycles. The molecule has 0 unspecified atom stereocenters. The van der Waals surface area contributed by atoms with E-state index in [0.29, 0.717) is 11.3 Å². The molecule has 0 radical (unpaired) electrons. The molecule has 13 rings (SSSR count). The van der Waals surface area contributed by atoms with Gasteiger partial charge in [-0.15, -0.1) is 11.3 Å². The Bertz CT molecular complexity index is 5810. The maximum absolute atomic E-state index is 10.4. The molecule has 0 bridgehead atoms. The highest BCUT2D eigenvalue weighted by molar-refractivity contribution is 7.26. The third-order valence-electron chi connectivity index (χ3n) is 9.87. The molecule has 0 aliphatic heterocycles. The zero-order valence-electron chi connectivity index (χ0n) is 66.1. The lowest BCUT2D eigenvalue weighted by Crippen LogP contribution is -2.00. The predicted molar refractivity (Wildman–Crippen MR) is 263 cm³/mol. The van der Waals surface area contributed by atoms with Crippen molar-refractivity contribution in [3.05, 3.63) is 211 Å². The molecule has 13 aromatic rings. The van der Waals surface area contributed by atoms with E-state index in [0.717, 1.165) is 9.13 Å². The molecule has 0 saturated carbocycles. The number of fused-ring (bicyclic) bond motifs is 10. The number of rotatable bonds is 6. The van der Waals surface area contributed by atoms with Crippen molar-refractivity contribution in [2.75, 3.05) is 0 Å². The third-order valence-corrected chi connectivity index (χ3v) is 10.9. The zero-order chi connectivity index (χ0) is 71.9. The highest BCUT2D eigenvalue weighted by Gasteiger charge is 2.21. The van der Waals surface area contributed by atoms with Gasteiger partial charge in [-0.2, -0.15) is 0 Å². The van der Waals surface area contributed by atoms with Crippen molar-refractivity contribution >= 4 is 75.1 Å². The minimum atomic E-state index is -1.08. The third kappa shape index (κ3) is 5.73. The van der Waals surface area contributed by atoms with Gasteiger partial charge in [0.25, 0.3) is 0 Å². The van der Waals surface area contributed by atoms with Crippen molar-refractivity contribution in [3.63, 3.8) is 0 Å². The van der Waals surface area contributed by atoms with Gasteiger partial charge in [0.05, 0.1) is 70.0 Å². The van der Waals surface area contributed by atoms with Crippen LogP contribution in [0.1, 0.15) is 48.0 Å². The van der Waals surface area contributed by atoms with Crippen LogP contribution < -0.4 is 0 Å². The van der Waals surface area contributed by atoms with Crippen LogP contribution in [-0.4, -0.2) is 24.1 Å². The zero-order valence-corrected chi connectivity index (χ0v) is 32.0. The Labute approximate surface area is 415 Å². The highest BCUT2D eigenvalue weighted by atomic mass is 32.1. The number of thiophene rings is 1. The Kier molecular flexibility index (Phi) is 3.45. The molecule has 0 spiro atoms. The van der Waals surface area contributed by atoms with E-state index < -0.39 is 323 Å². The molecule has 9 aromatic carbocycles. The Morgan fingerprint density at radius 3 is 1.56 bits per heavy atom. The molecule has 294 valence electrons. The normalized spacial score (nSPS) is 19.6. The van der Waals surface area contributed by atoms with Gasteiger partial charge in [0.2, 0.25) is 0 Å². The fourth-order valence-electron chi connectivity index (χ4n) is 7.27. The molecule has 0 atom stereocenters. The molecule has 0 aliphatic carbocycles. The molecule has 0 fully saturated rings. The molecule has 6 heteroatoms. The van der Waals surface area contributed by atoms with Gasteiger partial charge in [-0.25, -0.2) is 15.0 Å². The van der Waals surface area contributed by atoms with Crippen LogP contribution in [0.15, 0.2) is 211 Å². The maximum atomic E-state index is 10.4. The van der Waals surface area contributed by atoms with Crippen LogP contribution in [0.25, 0.3) is 120 Å². The number of nitrogens with zero attached hydrogens (tertiary/aromatic N) is 5. The van der Waals surface area contributed by atoms with Crippen LogP contribution in [0, 0.1) is 0 Å². The molecule has 0 amide bonds. The van der Waals surface area contributed by atoms with E-state index in [4.69, 9.17) is 27.4 Å². The van der Waals surface area contributed by atoms with Crippen LogP contribution in [0.5, 0.6) is 0 Å². The molecule has 0 saturated heterocycles. The van der Waals surface area contributed by atoms with Gasteiger partial charge in [-0.3, -0.25) is 0 Å². The number of hydrogen-bond donors (Lipinski definition) is 0. The lowest BCUT2D eigenvalue weighted by Gasteiger charge is -2.10. The largest absolute Gasteiger partial charge is 0.309 e. The summed E-state index contributed by atoms with van der Waals surface area (Å²) in [5.74, 6) is -2.72. The minimum absolute atomic E-state index is 0.345. The summed E-state index contributed by atoms with van der Waals surface area (Å²) in [5, 5.41) is -3.31. The van der Waals surface area contributed by atoms with Crippen molar-refractivity contribution in [1.82, 2.24) is 24.1 Å². The van der Waals surface area contributed by atoms with Gasteiger partial charge in [-0.05, 0) is 71.6 Å². The van der Waals surface area contributed by atoms with Crippen LogP contribution in [0.3, 0.4) is 0 Å². The fraction of sp³-hybridized carbons (Fsp3) is 0. The van der Waals surface area contributed by atoms with E-state index in [1.54, 1.807) is 0 Å². The average Bonchev–Trinajstić information content (AvgIpc) is 1.51. The average molecular weight is 857 g/mol. The number of benzene rings is 9. The van der Waals surface area contributed by atoms with Gasteiger partial charge >= 0.3 is 0 Å². The van der Waals surface area contributed by atoms with Gasteiger partial charge in [0, 0.05) is 69.8 Å². The van der Waals surface area contributed by atoms with E-state index in [-0.39, 0.29) is 9.40 Å². The number of para-hydroxylation sites is 2. The molecule has 4 aromatic heterocycles. The molecular formula is C57H35N5S.